The van der Waals surface area contributed by atoms with Crippen LogP contribution in [0.2, 0.25) is 0 Å². The van der Waals surface area contributed by atoms with Crippen LogP contribution in [0.25, 0.3) is 22.5 Å². The minimum Gasteiger partial charge on any atom is -0.379 e. The Morgan fingerprint density at radius 3 is 2.31 bits per heavy atom. The molecule has 0 amide bonds. The SMILES string of the molecule is c1ccc(-c2ccccc2Cc2nnc(-c3ccncc3)n2CCN2CCOCC2)cc1. The average Bonchev–Trinajstić information content (AvgIpc) is 3.27. The van der Waals surface area contributed by atoms with E-state index in [1.165, 1.54) is 16.7 Å². The van der Waals surface area contributed by atoms with Crippen molar-refractivity contribution in [2.45, 2.75) is 13.0 Å². The molecule has 0 atom stereocenters. The van der Waals surface area contributed by atoms with E-state index in [0.717, 1.165) is 63.0 Å². The van der Waals surface area contributed by atoms with Crippen LogP contribution in [0.3, 0.4) is 0 Å². The van der Waals surface area contributed by atoms with Crippen molar-refractivity contribution >= 4 is 0 Å². The molecule has 0 N–H and O–H groups in total. The number of nitrogens with zero attached hydrogens (tertiary/aromatic N) is 5. The van der Waals surface area contributed by atoms with Gasteiger partial charge >= 0.3 is 0 Å². The van der Waals surface area contributed by atoms with Crippen molar-refractivity contribution in [3.8, 4) is 22.5 Å². The fourth-order valence-corrected chi connectivity index (χ4v) is 4.23. The number of rotatable bonds is 7. The van der Waals surface area contributed by atoms with Crippen LogP contribution in [0.4, 0.5) is 0 Å². The monoisotopic (exact) mass is 425 g/mol. The van der Waals surface area contributed by atoms with E-state index in [2.05, 4.69) is 79.2 Å². The van der Waals surface area contributed by atoms with Gasteiger partial charge in [-0.1, -0.05) is 54.6 Å². The molecule has 6 heteroatoms. The lowest BCUT2D eigenvalue weighted by Gasteiger charge is -2.27. The molecule has 4 aromatic rings. The Morgan fingerprint density at radius 2 is 1.50 bits per heavy atom. The first-order chi connectivity index (χ1) is 15.9. The van der Waals surface area contributed by atoms with E-state index < -0.39 is 0 Å². The second-order valence-corrected chi connectivity index (χ2v) is 7.98. The predicted octanol–water partition coefficient (Wildman–Crippen LogP) is 3.93. The van der Waals surface area contributed by atoms with Crippen LogP contribution >= 0.6 is 0 Å². The van der Waals surface area contributed by atoms with Gasteiger partial charge in [-0.3, -0.25) is 9.88 Å². The number of pyridine rings is 1. The maximum absolute atomic E-state index is 5.51. The van der Waals surface area contributed by atoms with Crippen LogP contribution in [-0.2, 0) is 17.7 Å². The summed E-state index contributed by atoms with van der Waals surface area (Å²) in [6.07, 6.45) is 4.34. The largest absolute Gasteiger partial charge is 0.379 e. The molecule has 0 saturated carbocycles. The summed E-state index contributed by atoms with van der Waals surface area (Å²) in [6.45, 7) is 5.34. The normalized spacial score (nSPS) is 14.5. The second kappa shape index (κ2) is 9.85. The van der Waals surface area contributed by atoms with Crippen molar-refractivity contribution in [1.82, 2.24) is 24.6 Å². The highest BCUT2D eigenvalue weighted by molar-refractivity contribution is 5.67. The smallest absolute Gasteiger partial charge is 0.164 e. The van der Waals surface area contributed by atoms with Gasteiger partial charge in [0.05, 0.1) is 13.2 Å². The molecule has 0 unspecified atom stereocenters. The molecule has 6 nitrogen and oxygen atoms in total. The molecule has 0 bridgehead atoms. The van der Waals surface area contributed by atoms with Gasteiger partial charge in [0.15, 0.2) is 5.82 Å². The van der Waals surface area contributed by atoms with E-state index in [1.807, 2.05) is 12.1 Å². The minimum atomic E-state index is 0.728. The minimum absolute atomic E-state index is 0.728. The first-order valence-electron chi connectivity index (χ1n) is 11.1. The highest BCUT2D eigenvalue weighted by Gasteiger charge is 2.18. The van der Waals surface area contributed by atoms with E-state index >= 15 is 0 Å². The van der Waals surface area contributed by atoms with Gasteiger partial charge in [-0.2, -0.15) is 0 Å². The Bertz CT molecular complexity index is 1140. The molecule has 1 aliphatic rings. The van der Waals surface area contributed by atoms with Gasteiger partial charge in [-0.05, 0) is 28.8 Å². The maximum atomic E-state index is 5.51. The molecular weight excluding hydrogens is 398 g/mol. The molecule has 3 heterocycles. The van der Waals surface area contributed by atoms with E-state index in [-0.39, 0.29) is 0 Å². The Morgan fingerprint density at radius 1 is 0.750 bits per heavy atom. The summed E-state index contributed by atoms with van der Waals surface area (Å²) < 4.78 is 7.78. The Balaban J connectivity index is 1.47. The quantitative estimate of drug-likeness (QED) is 0.449. The summed E-state index contributed by atoms with van der Waals surface area (Å²) in [4.78, 5) is 6.61. The van der Waals surface area contributed by atoms with Crippen molar-refractivity contribution < 1.29 is 4.74 Å². The molecule has 1 aliphatic heterocycles. The molecule has 0 aliphatic carbocycles. The van der Waals surface area contributed by atoms with Gasteiger partial charge < -0.3 is 9.30 Å². The fourth-order valence-electron chi connectivity index (χ4n) is 4.23. The summed E-state index contributed by atoms with van der Waals surface area (Å²) in [5.41, 5.74) is 4.75. The van der Waals surface area contributed by atoms with Gasteiger partial charge in [0, 0.05) is 50.6 Å². The Hall–Kier alpha value is -3.35. The van der Waals surface area contributed by atoms with Crippen molar-refractivity contribution in [2.75, 3.05) is 32.8 Å². The molecule has 5 rings (SSSR count). The summed E-state index contributed by atoms with van der Waals surface area (Å²) in [7, 11) is 0. The Labute approximate surface area is 188 Å². The van der Waals surface area contributed by atoms with Crippen molar-refractivity contribution in [3.05, 3.63) is 90.5 Å². The maximum Gasteiger partial charge on any atom is 0.164 e. The molecular formula is C26H27N5O. The van der Waals surface area contributed by atoms with Gasteiger partial charge in [-0.25, -0.2) is 0 Å². The zero-order valence-corrected chi connectivity index (χ0v) is 18.1. The van der Waals surface area contributed by atoms with E-state index in [0.29, 0.717) is 0 Å². The lowest BCUT2D eigenvalue weighted by Crippen LogP contribution is -2.38. The van der Waals surface area contributed by atoms with Crippen LogP contribution in [-0.4, -0.2) is 57.5 Å². The molecule has 0 radical (unpaired) electrons. The first kappa shape index (κ1) is 20.5. The molecule has 2 aromatic carbocycles. The lowest BCUT2D eigenvalue weighted by atomic mass is 9.97. The highest BCUT2D eigenvalue weighted by Crippen LogP contribution is 2.26. The van der Waals surface area contributed by atoms with Crippen LogP contribution in [0, 0.1) is 0 Å². The average molecular weight is 426 g/mol. The third-order valence-corrected chi connectivity index (χ3v) is 5.96. The number of benzene rings is 2. The van der Waals surface area contributed by atoms with Crippen LogP contribution in [0.1, 0.15) is 11.4 Å². The topological polar surface area (TPSA) is 56.1 Å². The molecule has 32 heavy (non-hydrogen) atoms. The van der Waals surface area contributed by atoms with E-state index in [9.17, 15) is 0 Å². The number of morpholine rings is 1. The van der Waals surface area contributed by atoms with Crippen LogP contribution in [0.5, 0.6) is 0 Å². The number of hydrogen-bond donors (Lipinski definition) is 0. The number of hydrogen-bond acceptors (Lipinski definition) is 5. The van der Waals surface area contributed by atoms with E-state index in [1.54, 1.807) is 12.4 Å². The highest BCUT2D eigenvalue weighted by atomic mass is 16.5. The van der Waals surface area contributed by atoms with Gasteiger partial charge in [0.2, 0.25) is 0 Å². The van der Waals surface area contributed by atoms with Gasteiger partial charge in [-0.15, -0.1) is 10.2 Å². The van der Waals surface area contributed by atoms with Crippen molar-refractivity contribution in [3.63, 3.8) is 0 Å². The summed E-state index contributed by atoms with van der Waals surface area (Å²) in [6, 6.07) is 23.1. The molecule has 1 fully saturated rings. The van der Waals surface area contributed by atoms with Crippen LogP contribution in [0.15, 0.2) is 79.1 Å². The van der Waals surface area contributed by atoms with Crippen molar-refractivity contribution in [2.24, 2.45) is 0 Å². The standard InChI is InChI=1S/C26H27N5O/c1-2-6-21(7-3-1)24-9-5-4-8-23(24)20-25-28-29-26(22-10-12-27-13-11-22)31(25)15-14-30-16-18-32-19-17-30/h1-13H,14-20H2. The third kappa shape index (κ3) is 4.61. The van der Waals surface area contributed by atoms with Crippen LogP contribution < -0.4 is 0 Å². The molecule has 1 saturated heterocycles. The van der Waals surface area contributed by atoms with Gasteiger partial charge in [0.25, 0.3) is 0 Å². The van der Waals surface area contributed by atoms with Gasteiger partial charge in [0.1, 0.15) is 5.82 Å². The zero-order chi connectivity index (χ0) is 21.6. The third-order valence-electron chi connectivity index (χ3n) is 5.96. The lowest BCUT2D eigenvalue weighted by molar-refractivity contribution is 0.0363. The molecule has 0 spiro atoms. The predicted molar refractivity (Wildman–Crippen MR) is 125 cm³/mol. The second-order valence-electron chi connectivity index (χ2n) is 7.98. The molecule has 2 aromatic heterocycles. The molecule has 162 valence electrons. The van der Waals surface area contributed by atoms with Crippen molar-refractivity contribution in [1.29, 1.82) is 0 Å². The zero-order valence-electron chi connectivity index (χ0n) is 18.1. The van der Waals surface area contributed by atoms with E-state index in [4.69, 9.17) is 4.74 Å². The number of ether oxygens (including phenoxy) is 1. The number of aromatic nitrogens is 4. The summed E-state index contributed by atoms with van der Waals surface area (Å²) >= 11 is 0. The summed E-state index contributed by atoms with van der Waals surface area (Å²) in [5, 5.41) is 9.23. The Kier molecular flexibility index (Phi) is 6.32. The summed E-state index contributed by atoms with van der Waals surface area (Å²) in [5.74, 6) is 1.88. The fraction of sp³-hybridized carbons (Fsp3) is 0.269. The first-order valence-corrected chi connectivity index (χ1v) is 11.1.